The third-order valence-corrected chi connectivity index (χ3v) is 4.35. The number of anilines is 1. The second kappa shape index (κ2) is 8.07. The van der Waals surface area contributed by atoms with Crippen molar-refractivity contribution in [2.45, 2.75) is 38.1 Å². The van der Waals surface area contributed by atoms with E-state index in [1.54, 1.807) is 18.2 Å². The van der Waals surface area contributed by atoms with E-state index in [4.69, 9.17) is 28.5 Å². The van der Waals surface area contributed by atoms with Crippen LogP contribution in [0.5, 0.6) is 0 Å². The summed E-state index contributed by atoms with van der Waals surface area (Å²) in [6.45, 7) is 0. The number of nitriles is 1. The molecule has 0 aromatic heterocycles. The van der Waals surface area contributed by atoms with Crippen molar-refractivity contribution in [2.24, 2.45) is 0 Å². The molecule has 1 aromatic carbocycles. The predicted molar refractivity (Wildman–Crippen MR) is 88.8 cm³/mol. The highest BCUT2D eigenvalue weighted by molar-refractivity contribution is 6.42. The number of benzene rings is 1. The lowest BCUT2D eigenvalue weighted by molar-refractivity contribution is -0.112. The van der Waals surface area contributed by atoms with Gasteiger partial charge in [0.15, 0.2) is 0 Å². The average Bonchev–Trinajstić information content (AvgIpc) is 2.52. The molecule has 0 spiro atoms. The van der Waals surface area contributed by atoms with Gasteiger partial charge in [0.05, 0.1) is 10.0 Å². The van der Waals surface area contributed by atoms with Gasteiger partial charge in [0.2, 0.25) is 0 Å². The minimum Gasteiger partial charge on any atom is -0.387 e. The SMILES string of the molecule is N#C/C(=C/NC1CCCCC1)C(=O)Nc1ccc(Cl)c(Cl)c1. The van der Waals surface area contributed by atoms with Gasteiger partial charge in [-0.25, -0.2) is 0 Å². The topological polar surface area (TPSA) is 64.9 Å². The van der Waals surface area contributed by atoms with Crippen LogP contribution < -0.4 is 10.6 Å². The summed E-state index contributed by atoms with van der Waals surface area (Å²) in [7, 11) is 0. The molecule has 0 heterocycles. The number of hydrogen-bond acceptors (Lipinski definition) is 3. The molecule has 0 unspecified atom stereocenters. The number of halogens is 2. The van der Waals surface area contributed by atoms with E-state index in [1.165, 1.54) is 25.5 Å². The second-order valence-electron chi connectivity index (χ2n) is 5.25. The maximum Gasteiger partial charge on any atom is 0.267 e. The Kier molecular flexibility index (Phi) is 6.11. The molecule has 0 aliphatic heterocycles. The second-order valence-corrected chi connectivity index (χ2v) is 6.07. The number of carbonyl (C=O) groups excluding carboxylic acids is 1. The largest absolute Gasteiger partial charge is 0.387 e. The summed E-state index contributed by atoms with van der Waals surface area (Å²) in [6.07, 6.45) is 7.27. The van der Waals surface area contributed by atoms with Crippen LogP contribution >= 0.6 is 23.2 Å². The van der Waals surface area contributed by atoms with Crippen molar-refractivity contribution in [3.63, 3.8) is 0 Å². The van der Waals surface area contributed by atoms with E-state index < -0.39 is 5.91 Å². The van der Waals surface area contributed by atoms with Crippen molar-refractivity contribution in [3.8, 4) is 6.07 Å². The number of rotatable bonds is 4. The molecule has 6 heteroatoms. The Bertz CT molecular complexity index is 616. The molecule has 0 radical (unpaired) electrons. The van der Waals surface area contributed by atoms with Gasteiger partial charge in [-0.05, 0) is 31.0 Å². The van der Waals surface area contributed by atoms with Gasteiger partial charge in [0.1, 0.15) is 11.6 Å². The van der Waals surface area contributed by atoms with E-state index in [1.807, 2.05) is 6.07 Å². The highest BCUT2D eigenvalue weighted by Crippen LogP contribution is 2.25. The molecule has 22 heavy (non-hydrogen) atoms. The van der Waals surface area contributed by atoms with Crippen molar-refractivity contribution in [1.82, 2.24) is 5.32 Å². The van der Waals surface area contributed by atoms with Gasteiger partial charge in [0, 0.05) is 17.9 Å². The summed E-state index contributed by atoms with van der Waals surface area (Å²) in [6, 6.07) is 7.03. The van der Waals surface area contributed by atoms with Crippen LogP contribution in [0.15, 0.2) is 30.0 Å². The first kappa shape index (κ1) is 16.7. The molecule has 1 saturated carbocycles. The highest BCUT2D eigenvalue weighted by Gasteiger charge is 2.14. The van der Waals surface area contributed by atoms with E-state index in [0.717, 1.165) is 12.8 Å². The quantitative estimate of drug-likeness (QED) is 0.637. The summed E-state index contributed by atoms with van der Waals surface area (Å²) in [5.74, 6) is -0.468. The molecule has 1 amide bonds. The zero-order valence-electron chi connectivity index (χ0n) is 12.0. The third-order valence-electron chi connectivity index (χ3n) is 3.61. The van der Waals surface area contributed by atoms with Gasteiger partial charge >= 0.3 is 0 Å². The highest BCUT2D eigenvalue weighted by atomic mass is 35.5. The zero-order valence-corrected chi connectivity index (χ0v) is 13.5. The van der Waals surface area contributed by atoms with Crippen LogP contribution in [0.3, 0.4) is 0 Å². The Morgan fingerprint density at radius 3 is 2.59 bits per heavy atom. The van der Waals surface area contributed by atoms with Crippen molar-refractivity contribution in [2.75, 3.05) is 5.32 Å². The summed E-state index contributed by atoms with van der Waals surface area (Å²) in [4.78, 5) is 12.1. The van der Waals surface area contributed by atoms with Gasteiger partial charge in [0.25, 0.3) is 5.91 Å². The van der Waals surface area contributed by atoms with E-state index in [-0.39, 0.29) is 5.57 Å². The minimum absolute atomic E-state index is 0.0386. The first-order valence-electron chi connectivity index (χ1n) is 7.23. The average molecular weight is 338 g/mol. The number of hydrogen-bond donors (Lipinski definition) is 2. The Labute approximate surface area is 140 Å². The molecule has 2 rings (SSSR count). The fourth-order valence-corrected chi connectivity index (χ4v) is 2.69. The molecule has 2 N–H and O–H groups in total. The molecular weight excluding hydrogens is 321 g/mol. The summed E-state index contributed by atoms with van der Waals surface area (Å²) in [5.41, 5.74) is 0.537. The van der Waals surface area contributed by atoms with Crippen LogP contribution in [0.25, 0.3) is 0 Å². The molecule has 1 aliphatic rings. The third kappa shape index (κ3) is 4.66. The van der Waals surface area contributed by atoms with Crippen LogP contribution in [0.1, 0.15) is 32.1 Å². The van der Waals surface area contributed by atoms with Crippen LogP contribution in [0, 0.1) is 11.3 Å². The summed E-state index contributed by atoms with van der Waals surface area (Å²) in [5, 5.41) is 15.7. The molecule has 0 atom stereocenters. The number of carbonyl (C=O) groups is 1. The standard InChI is InChI=1S/C16H17Cl2N3O/c17-14-7-6-13(8-15(14)18)21-16(22)11(9-19)10-20-12-4-2-1-3-5-12/h6-8,10,12,20H,1-5H2,(H,21,22)/b11-10-. The molecule has 0 bridgehead atoms. The number of nitrogens with zero attached hydrogens (tertiary/aromatic N) is 1. The van der Waals surface area contributed by atoms with Gasteiger partial charge < -0.3 is 10.6 Å². The van der Waals surface area contributed by atoms with Crippen LogP contribution in [0.2, 0.25) is 10.0 Å². The van der Waals surface area contributed by atoms with Crippen molar-refractivity contribution < 1.29 is 4.79 Å². The van der Waals surface area contributed by atoms with Crippen LogP contribution in [-0.2, 0) is 4.79 Å². The van der Waals surface area contributed by atoms with Crippen LogP contribution in [0.4, 0.5) is 5.69 Å². The van der Waals surface area contributed by atoms with Crippen LogP contribution in [-0.4, -0.2) is 11.9 Å². The first-order valence-corrected chi connectivity index (χ1v) is 7.98. The minimum atomic E-state index is -0.468. The molecular formula is C16H17Cl2N3O. The normalized spacial score (nSPS) is 16.0. The Morgan fingerprint density at radius 2 is 1.95 bits per heavy atom. The van der Waals surface area contributed by atoms with E-state index in [0.29, 0.717) is 21.8 Å². The maximum atomic E-state index is 12.1. The van der Waals surface area contributed by atoms with E-state index >= 15 is 0 Å². The maximum absolute atomic E-state index is 12.1. The lowest BCUT2D eigenvalue weighted by atomic mass is 9.96. The Hall–Kier alpha value is -1.70. The smallest absolute Gasteiger partial charge is 0.267 e. The molecule has 4 nitrogen and oxygen atoms in total. The molecule has 116 valence electrons. The fourth-order valence-electron chi connectivity index (χ4n) is 2.39. The predicted octanol–water partition coefficient (Wildman–Crippen LogP) is 4.26. The summed E-state index contributed by atoms with van der Waals surface area (Å²) >= 11 is 11.7. The van der Waals surface area contributed by atoms with Gasteiger partial charge in [-0.2, -0.15) is 5.26 Å². The van der Waals surface area contributed by atoms with Crippen molar-refractivity contribution >= 4 is 34.8 Å². The zero-order chi connectivity index (χ0) is 15.9. The first-order chi connectivity index (χ1) is 10.6. The monoisotopic (exact) mass is 337 g/mol. The van der Waals surface area contributed by atoms with Gasteiger partial charge in [-0.3, -0.25) is 4.79 Å². The molecule has 1 fully saturated rings. The van der Waals surface area contributed by atoms with Crippen molar-refractivity contribution in [1.29, 1.82) is 5.26 Å². The lowest BCUT2D eigenvalue weighted by Gasteiger charge is -2.21. The number of nitrogens with one attached hydrogen (secondary N) is 2. The van der Waals surface area contributed by atoms with Gasteiger partial charge in [-0.1, -0.05) is 42.5 Å². The van der Waals surface area contributed by atoms with E-state index in [9.17, 15) is 4.79 Å². The summed E-state index contributed by atoms with van der Waals surface area (Å²) < 4.78 is 0. The van der Waals surface area contributed by atoms with Gasteiger partial charge in [-0.15, -0.1) is 0 Å². The van der Waals surface area contributed by atoms with E-state index in [2.05, 4.69) is 10.6 Å². The number of amides is 1. The Morgan fingerprint density at radius 1 is 1.23 bits per heavy atom. The van der Waals surface area contributed by atoms with Crippen molar-refractivity contribution in [3.05, 3.63) is 40.0 Å². The lowest BCUT2D eigenvalue weighted by Crippen LogP contribution is -2.28. The Balaban J connectivity index is 1.98. The molecule has 0 saturated heterocycles. The molecule has 1 aromatic rings. The fraction of sp³-hybridized carbons (Fsp3) is 0.375. The molecule has 1 aliphatic carbocycles.